The maximum atomic E-state index is 12.4. The van der Waals surface area contributed by atoms with Gasteiger partial charge in [-0.15, -0.1) is 0 Å². The van der Waals surface area contributed by atoms with Gasteiger partial charge in [0.1, 0.15) is 0 Å². The summed E-state index contributed by atoms with van der Waals surface area (Å²) in [6, 6.07) is 2.54. The Bertz CT molecular complexity index is 596. The molecule has 0 atom stereocenters. The third kappa shape index (κ3) is 3.05. The molecule has 0 spiro atoms. The Morgan fingerprint density at radius 2 is 2.11 bits per heavy atom. The van der Waals surface area contributed by atoms with Crippen LogP contribution in [0.25, 0.3) is 0 Å². The second-order valence-electron chi connectivity index (χ2n) is 3.63. The Balaban J connectivity index is 2.24. The highest BCUT2D eigenvalue weighted by molar-refractivity contribution is 6.34. The lowest BCUT2D eigenvalue weighted by molar-refractivity contribution is -0.137. The predicted molar refractivity (Wildman–Crippen MR) is 63.0 cm³/mol. The number of H-pyrrole nitrogens is 1. The van der Waals surface area contributed by atoms with E-state index >= 15 is 0 Å². The molecule has 8 heteroatoms. The number of aromatic amines is 1. The third-order valence-corrected chi connectivity index (χ3v) is 2.61. The van der Waals surface area contributed by atoms with Gasteiger partial charge in [0.2, 0.25) is 0 Å². The number of nitrogens with zero attached hydrogens (tertiary/aromatic N) is 1. The standard InChI is InChI=1S/C11H7ClF3N3O/c12-9-3-6(11(13,14)15)1-2-8(9)10(19)18-7-4-16-17-5-7/h1-5H,(H,16,17)(H,18,19). The highest BCUT2D eigenvalue weighted by Crippen LogP contribution is 2.32. The number of hydrogen-bond donors (Lipinski definition) is 2. The van der Waals surface area contributed by atoms with Crippen molar-refractivity contribution in [2.75, 3.05) is 5.32 Å². The lowest BCUT2D eigenvalue weighted by Gasteiger charge is -2.09. The second kappa shape index (κ2) is 4.93. The maximum Gasteiger partial charge on any atom is 0.416 e. The van der Waals surface area contributed by atoms with E-state index in [1.807, 2.05) is 0 Å². The molecule has 0 fully saturated rings. The zero-order chi connectivity index (χ0) is 14.0. The summed E-state index contributed by atoms with van der Waals surface area (Å²) in [5, 5.41) is 8.27. The molecule has 0 aliphatic carbocycles. The van der Waals surface area contributed by atoms with Crippen molar-refractivity contribution in [1.82, 2.24) is 10.2 Å². The SMILES string of the molecule is O=C(Nc1cn[nH]c1)c1ccc(C(F)(F)F)cc1Cl. The minimum Gasteiger partial charge on any atom is -0.319 e. The van der Waals surface area contributed by atoms with E-state index in [4.69, 9.17) is 11.6 Å². The van der Waals surface area contributed by atoms with E-state index in [1.54, 1.807) is 0 Å². The zero-order valence-corrected chi connectivity index (χ0v) is 10.0. The average molecular weight is 290 g/mol. The minimum atomic E-state index is -4.50. The van der Waals surface area contributed by atoms with E-state index in [0.29, 0.717) is 11.8 Å². The maximum absolute atomic E-state index is 12.4. The molecule has 19 heavy (non-hydrogen) atoms. The number of anilines is 1. The van der Waals surface area contributed by atoms with E-state index in [2.05, 4.69) is 15.5 Å². The van der Waals surface area contributed by atoms with Crippen molar-refractivity contribution in [3.63, 3.8) is 0 Å². The molecule has 4 nitrogen and oxygen atoms in total. The van der Waals surface area contributed by atoms with Crippen LogP contribution in [0.5, 0.6) is 0 Å². The summed E-state index contributed by atoms with van der Waals surface area (Å²) in [5.41, 5.74) is -0.561. The van der Waals surface area contributed by atoms with Gasteiger partial charge in [0.05, 0.1) is 28.0 Å². The Morgan fingerprint density at radius 3 is 2.63 bits per heavy atom. The van der Waals surface area contributed by atoms with Gasteiger partial charge in [0, 0.05) is 6.20 Å². The lowest BCUT2D eigenvalue weighted by atomic mass is 10.1. The number of carbonyl (C=O) groups is 1. The minimum absolute atomic E-state index is 0.0455. The number of amides is 1. The van der Waals surface area contributed by atoms with Crippen LogP contribution in [-0.4, -0.2) is 16.1 Å². The second-order valence-corrected chi connectivity index (χ2v) is 4.04. The highest BCUT2D eigenvalue weighted by atomic mass is 35.5. The summed E-state index contributed by atoms with van der Waals surface area (Å²) in [4.78, 5) is 11.8. The van der Waals surface area contributed by atoms with E-state index < -0.39 is 17.6 Å². The van der Waals surface area contributed by atoms with Crippen LogP contribution in [0.1, 0.15) is 15.9 Å². The molecule has 1 amide bonds. The van der Waals surface area contributed by atoms with Crippen molar-refractivity contribution in [2.45, 2.75) is 6.18 Å². The Morgan fingerprint density at radius 1 is 1.37 bits per heavy atom. The van der Waals surface area contributed by atoms with Gasteiger partial charge < -0.3 is 5.32 Å². The topological polar surface area (TPSA) is 57.8 Å². The van der Waals surface area contributed by atoms with Crippen molar-refractivity contribution < 1.29 is 18.0 Å². The van der Waals surface area contributed by atoms with E-state index in [1.165, 1.54) is 12.4 Å². The number of alkyl halides is 3. The molecule has 0 saturated carbocycles. The molecule has 0 aliphatic rings. The van der Waals surface area contributed by atoms with Gasteiger partial charge in [-0.1, -0.05) is 11.6 Å². The van der Waals surface area contributed by atoms with Crippen molar-refractivity contribution in [3.05, 3.63) is 46.7 Å². The summed E-state index contributed by atoms with van der Waals surface area (Å²) >= 11 is 5.69. The number of rotatable bonds is 2. The third-order valence-electron chi connectivity index (χ3n) is 2.30. The molecule has 0 bridgehead atoms. The van der Waals surface area contributed by atoms with Crippen LogP contribution in [-0.2, 0) is 6.18 Å². The number of benzene rings is 1. The molecule has 0 aliphatic heterocycles. The van der Waals surface area contributed by atoms with Crippen molar-refractivity contribution >= 4 is 23.2 Å². The molecule has 0 saturated heterocycles. The summed E-state index contributed by atoms with van der Waals surface area (Å²) in [5.74, 6) is -0.611. The number of hydrogen-bond acceptors (Lipinski definition) is 2. The van der Waals surface area contributed by atoms with Gasteiger partial charge in [-0.2, -0.15) is 18.3 Å². The Kier molecular flexibility index (Phi) is 3.48. The monoisotopic (exact) mass is 289 g/mol. The first-order valence-corrected chi connectivity index (χ1v) is 5.42. The van der Waals surface area contributed by atoms with Crippen LogP contribution in [0.15, 0.2) is 30.6 Å². The number of carbonyl (C=O) groups excluding carboxylic acids is 1. The van der Waals surface area contributed by atoms with E-state index in [-0.39, 0.29) is 10.6 Å². The molecular weight excluding hydrogens is 283 g/mol. The normalized spacial score (nSPS) is 11.4. The Labute approximate surface area is 110 Å². The average Bonchev–Trinajstić information content (AvgIpc) is 2.80. The lowest BCUT2D eigenvalue weighted by Crippen LogP contribution is -2.13. The molecule has 0 radical (unpaired) electrons. The molecule has 2 aromatic rings. The van der Waals surface area contributed by atoms with Gasteiger partial charge in [-0.3, -0.25) is 9.89 Å². The summed E-state index contributed by atoms with van der Waals surface area (Å²) < 4.78 is 37.3. The van der Waals surface area contributed by atoms with Crippen molar-refractivity contribution in [2.24, 2.45) is 0 Å². The largest absolute Gasteiger partial charge is 0.416 e. The van der Waals surface area contributed by atoms with Gasteiger partial charge in [0.15, 0.2) is 0 Å². The highest BCUT2D eigenvalue weighted by Gasteiger charge is 2.31. The van der Waals surface area contributed by atoms with Crippen LogP contribution >= 0.6 is 11.6 Å². The molecule has 2 rings (SSSR count). The summed E-state index contributed by atoms with van der Waals surface area (Å²) in [6.07, 6.45) is -1.71. The molecule has 1 aromatic heterocycles. The number of aromatic nitrogens is 2. The van der Waals surface area contributed by atoms with Crippen LogP contribution in [0.4, 0.5) is 18.9 Å². The first kappa shape index (κ1) is 13.4. The quantitative estimate of drug-likeness (QED) is 0.891. The molecule has 100 valence electrons. The van der Waals surface area contributed by atoms with Crippen LogP contribution in [0.2, 0.25) is 5.02 Å². The van der Waals surface area contributed by atoms with Gasteiger partial charge in [0.25, 0.3) is 5.91 Å². The number of nitrogens with one attached hydrogen (secondary N) is 2. The summed E-state index contributed by atoms with van der Waals surface area (Å²) in [6.45, 7) is 0. The zero-order valence-electron chi connectivity index (χ0n) is 9.25. The molecule has 1 aromatic carbocycles. The molecule has 2 N–H and O–H groups in total. The van der Waals surface area contributed by atoms with Gasteiger partial charge in [-0.25, -0.2) is 0 Å². The fraction of sp³-hybridized carbons (Fsp3) is 0.0909. The fourth-order valence-electron chi connectivity index (χ4n) is 1.39. The first-order valence-electron chi connectivity index (χ1n) is 5.05. The van der Waals surface area contributed by atoms with Crippen LogP contribution in [0, 0.1) is 0 Å². The predicted octanol–water partition coefficient (Wildman–Crippen LogP) is 3.33. The van der Waals surface area contributed by atoms with Gasteiger partial charge >= 0.3 is 6.18 Å². The van der Waals surface area contributed by atoms with Crippen molar-refractivity contribution in [1.29, 1.82) is 0 Å². The van der Waals surface area contributed by atoms with Crippen LogP contribution in [0.3, 0.4) is 0 Å². The molecule has 0 unspecified atom stereocenters. The molecule has 1 heterocycles. The number of halogens is 4. The Hall–Kier alpha value is -2.02. The van der Waals surface area contributed by atoms with Crippen LogP contribution < -0.4 is 5.32 Å². The smallest absolute Gasteiger partial charge is 0.319 e. The fourth-order valence-corrected chi connectivity index (χ4v) is 1.66. The summed E-state index contributed by atoms with van der Waals surface area (Å²) in [7, 11) is 0. The van der Waals surface area contributed by atoms with Gasteiger partial charge in [-0.05, 0) is 18.2 Å². The van der Waals surface area contributed by atoms with E-state index in [0.717, 1.165) is 12.1 Å². The van der Waals surface area contributed by atoms with E-state index in [9.17, 15) is 18.0 Å². The molecular formula is C11H7ClF3N3O. The first-order chi connectivity index (χ1) is 8.88. The van der Waals surface area contributed by atoms with Crippen molar-refractivity contribution in [3.8, 4) is 0 Å².